The van der Waals surface area contributed by atoms with E-state index < -0.39 is 11.6 Å². The molecule has 0 spiro atoms. The van der Waals surface area contributed by atoms with Gasteiger partial charge in [0, 0.05) is 25.1 Å². The van der Waals surface area contributed by atoms with Crippen LogP contribution in [0.1, 0.15) is 31.7 Å². The lowest BCUT2D eigenvalue weighted by Gasteiger charge is -2.11. The molecule has 0 atom stereocenters. The standard InChI is InChI=1S/C16H23F2N3O2.HI/c1-3-19-16(20-9-5-4-6-15(22)23-2)21-11-12-10-13(17)7-8-14(12)18;/h7-8,10H,3-6,9,11H2,1-2H3,(H2,19,20,21);1H. The first kappa shape index (κ1) is 22.6. The Kier molecular flexibility index (Phi) is 12.1. The van der Waals surface area contributed by atoms with Gasteiger partial charge in [-0.3, -0.25) is 4.79 Å². The molecule has 136 valence electrons. The molecule has 0 heterocycles. The van der Waals surface area contributed by atoms with Crippen molar-refractivity contribution in [2.24, 2.45) is 4.99 Å². The van der Waals surface area contributed by atoms with E-state index >= 15 is 0 Å². The third-order valence-electron chi connectivity index (χ3n) is 3.09. The molecule has 0 amide bonds. The molecular weight excluding hydrogens is 431 g/mol. The van der Waals surface area contributed by atoms with Crippen molar-refractivity contribution in [1.82, 2.24) is 10.6 Å². The molecule has 0 aliphatic rings. The number of aliphatic imine (C=N–C) groups is 1. The molecule has 1 aromatic rings. The van der Waals surface area contributed by atoms with E-state index in [0.29, 0.717) is 31.9 Å². The molecule has 2 N–H and O–H groups in total. The van der Waals surface area contributed by atoms with Gasteiger partial charge in [-0.05, 0) is 38.0 Å². The summed E-state index contributed by atoms with van der Waals surface area (Å²) in [5.74, 6) is -0.678. The van der Waals surface area contributed by atoms with Gasteiger partial charge in [0.15, 0.2) is 5.96 Å². The second-order valence-electron chi connectivity index (χ2n) is 4.89. The molecule has 0 aliphatic heterocycles. The van der Waals surface area contributed by atoms with Crippen LogP contribution < -0.4 is 10.6 Å². The molecule has 8 heteroatoms. The number of ether oxygens (including phenoxy) is 1. The maximum Gasteiger partial charge on any atom is 0.305 e. The van der Waals surface area contributed by atoms with Gasteiger partial charge in [-0.1, -0.05) is 0 Å². The number of carbonyl (C=O) groups excluding carboxylic acids is 1. The summed E-state index contributed by atoms with van der Waals surface area (Å²) in [6.45, 7) is 3.23. The Labute approximate surface area is 158 Å². The lowest BCUT2D eigenvalue weighted by atomic mass is 10.2. The molecule has 0 radical (unpaired) electrons. The predicted molar refractivity (Wildman–Crippen MR) is 100 cm³/mol. The summed E-state index contributed by atoms with van der Waals surface area (Å²) in [5, 5.41) is 6.12. The number of unbranched alkanes of at least 4 members (excludes halogenated alkanes) is 1. The quantitative estimate of drug-likeness (QED) is 0.208. The smallest absolute Gasteiger partial charge is 0.305 e. The van der Waals surface area contributed by atoms with Gasteiger partial charge in [0.2, 0.25) is 0 Å². The minimum Gasteiger partial charge on any atom is -0.469 e. The van der Waals surface area contributed by atoms with Crippen molar-refractivity contribution in [2.75, 3.05) is 20.2 Å². The van der Waals surface area contributed by atoms with E-state index in [9.17, 15) is 13.6 Å². The van der Waals surface area contributed by atoms with Crippen LogP contribution >= 0.6 is 24.0 Å². The minimum absolute atomic E-state index is 0. The zero-order valence-corrected chi connectivity index (χ0v) is 16.2. The highest BCUT2D eigenvalue weighted by molar-refractivity contribution is 14.0. The number of hydrogen-bond acceptors (Lipinski definition) is 3. The van der Waals surface area contributed by atoms with Crippen molar-refractivity contribution in [2.45, 2.75) is 32.7 Å². The Bertz CT molecular complexity index is 542. The van der Waals surface area contributed by atoms with Gasteiger partial charge in [0.05, 0.1) is 13.7 Å². The van der Waals surface area contributed by atoms with E-state index in [1.165, 1.54) is 7.11 Å². The average Bonchev–Trinajstić information content (AvgIpc) is 2.54. The number of rotatable bonds is 8. The Hall–Kier alpha value is -1.45. The zero-order valence-electron chi connectivity index (χ0n) is 13.9. The molecule has 0 saturated carbocycles. The van der Waals surface area contributed by atoms with Gasteiger partial charge in [-0.15, -0.1) is 24.0 Å². The lowest BCUT2D eigenvalue weighted by Crippen LogP contribution is -2.37. The van der Waals surface area contributed by atoms with Gasteiger partial charge in [0.1, 0.15) is 11.6 Å². The molecule has 5 nitrogen and oxygen atoms in total. The fourth-order valence-electron chi connectivity index (χ4n) is 1.87. The summed E-state index contributed by atoms with van der Waals surface area (Å²) in [6.07, 6.45) is 1.85. The van der Waals surface area contributed by atoms with E-state index in [2.05, 4.69) is 20.4 Å². The van der Waals surface area contributed by atoms with Crippen molar-refractivity contribution in [3.8, 4) is 0 Å². The van der Waals surface area contributed by atoms with Crippen LogP contribution in [-0.2, 0) is 16.1 Å². The zero-order chi connectivity index (χ0) is 17.1. The second kappa shape index (κ2) is 12.9. The summed E-state index contributed by atoms with van der Waals surface area (Å²) in [5.41, 5.74) is 0.202. The fraction of sp³-hybridized carbons (Fsp3) is 0.500. The van der Waals surface area contributed by atoms with Gasteiger partial charge in [-0.2, -0.15) is 0 Å². The Balaban J connectivity index is 0.00000529. The molecule has 1 rings (SSSR count). The predicted octanol–water partition coefficient (Wildman–Crippen LogP) is 2.98. The van der Waals surface area contributed by atoms with Crippen LogP contribution in [0.3, 0.4) is 0 Å². The summed E-state index contributed by atoms with van der Waals surface area (Å²) in [6, 6.07) is 3.30. The topological polar surface area (TPSA) is 62.7 Å². The highest BCUT2D eigenvalue weighted by Gasteiger charge is 2.04. The second-order valence-corrected chi connectivity index (χ2v) is 4.89. The van der Waals surface area contributed by atoms with Crippen LogP contribution in [0, 0.1) is 11.6 Å². The van der Waals surface area contributed by atoms with Crippen LogP contribution in [-0.4, -0.2) is 32.1 Å². The SMILES string of the molecule is CCNC(=NCc1cc(F)ccc1F)NCCCCC(=O)OC.I. The minimum atomic E-state index is -0.489. The van der Waals surface area contributed by atoms with Crippen molar-refractivity contribution in [3.05, 3.63) is 35.4 Å². The average molecular weight is 455 g/mol. The molecule has 1 aromatic carbocycles. The van der Waals surface area contributed by atoms with Crippen LogP contribution in [0.5, 0.6) is 0 Å². The summed E-state index contributed by atoms with van der Waals surface area (Å²) >= 11 is 0. The van der Waals surface area contributed by atoms with Crippen LogP contribution in [0.2, 0.25) is 0 Å². The normalized spacial score (nSPS) is 10.8. The van der Waals surface area contributed by atoms with Gasteiger partial charge >= 0.3 is 5.97 Å². The Morgan fingerprint density at radius 2 is 2.00 bits per heavy atom. The molecule has 0 bridgehead atoms. The maximum absolute atomic E-state index is 13.5. The van der Waals surface area contributed by atoms with Crippen molar-refractivity contribution in [3.63, 3.8) is 0 Å². The fourth-order valence-corrected chi connectivity index (χ4v) is 1.87. The number of guanidine groups is 1. The summed E-state index contributed by atoms with van der Waals surface area (Å²) < 4.78 is 31.2. The van der Waals surface area contributed by atoms with Crippen molar-refractivity contribution in [1.29, 1.82) is 0 Å². The van der Waals surface area contributed by atoms with Gasteiger partial charge < -0.3 is 15.4 Å². The van der Waals surface area contributed by atoms with Crippen molar-refractivity contribution >= 4 is 35.9 Å². The number of hydrogen-bond donors (Lipinski definition) is 2. The monoisotopic (exact) mass is 455 g/mol. The number of benzene rings is 1. The maximum atomic E-state index is 13.5. The largest absolute Gasteiger partial charge is 0.469 e. The van der Waals surface area contributed by atoms with E-state index in [0.717, 1.165) is 24.6 Å². The van der Waals surface area contributed by atoms with Crippen LogP contribution in [0.4, 0.5) is 8.78 Å². The highest BCUT2D eigenvalue weighted by atomic mass is 127. The number of esters is 1. The molecule has 0 aliphatic carbocycles. The van der Waals surface area contributed by atoms with E-state index in [-0.39, 0.29) is 42.1 Å². The van der Waals surface area contributed by atoms with Gasteiger partial charge in [0.25, 0.3) is 0 Å². The number of nitrogens with one attached hydrogen (secondary N) is 2. The van der Waals surface area contributed by atoms with Crippen molar-refractivity contribution < 1.29 is 18.3 Å². The van der Waals surface area contributed by atoms with E-state index in [4.69, 9.17) is 0 Å². The summed E-state index contributed by atoms with van der Waals surface area (Å²) in [7, 11) is 1.36. The highest BCUT2D eigenvalue weighted by Crippen LogP contribution is 2.10. The third kappa shape index (κ3) is 8.99. The van der Waals surface area contributed by atoms with Crippen LogP contribution in [0.15, 0.2) is 23.2 Å². The Morgan fingerprint density at radius 3 is 2.67 bits per heavy atom. The Morgan fingerprint density at radius 1 is 1.25 bits per heavy atom. The van der Waals surface area contributed by atoms with E-state index in [1.807, 2.05) is 6.92 Å². The molecule has 0 unspecified atom stereocenters. The number of carbonyl (C=O) groups is 1. The molecule has 24 heavy (non-hydrogen) atoms. The first-order valence-corrected chi connectivity index (χ1v) is 7.59. The number of halogens is 3. The first-order chi connectivity index (χ1) is 11.1. The van der Waals surface area contributed by atoms with Gasteiger partial charge in [-0.25, -0.2) is 13.8 Å². The molecule has 0 fully saturated rings. The molecule has 0 aromatic heterocycles. The first-order valence-electron chi connectivity index (χ1n) is 7.59. The lowest BCUT2D eigenvalue weighted by molar-refractivity contribution is -0.140. The van der Waals surface area contributed by atoms with Crippen LogP contribution in [0.25, 0.3) is 0 Å². The number of nitrogens with zero attached hydrogens (tertiary/aromatic N) is 1. The van der Waals surface area contributed by atoms with E-state index in [1.54, 1.807) is 0 Å². The molecule has 0 saturated heterocycles. The third-order valence-corrected chi connectivity index (χ3v) is 3.09. The summed E-state index contributed by atoms with van der Waals surface area (Å²) in [4.78, 5) is 15.2. The number of methoxy groups -OCH3 is 1. The molecular formula is C16H24F2IN3O2.